The van der Waals surface area contributed by atoms with Crippen molar-refractivity contribution in [2.24, 2.45) is 0 Å². The van der Waals surface area contributed by atoms with Crippen molar-refractivity contribution in [3.63, 3.8) is 0 Å². The second-order valence-electron chi connectivity index (χ2n) is 7.10. The van der Waals surface area contributed by atoms with E-state index in [-0.39, 0.29) is 5.91 Å². The van der Waals surface area contributed by atoms with Gasteiger partial charge in [-0.3, -0.25) is 14.8 Å². The zero-order chi connectivity index (χ0) is 21.6. The molecule has 160 valence electrons. The average Bonchev–Trinajstić information content (AvgIpc) is 3.38. The molecule has 7 nitrogen and oxygen atoms in total. The zero-order valence-corrected chi connectivity index (χ0v) is 18.0. The van der Waals surface area contributed by atoms with E-state index in [1.54, 1.807) is 17.1 Å². The number of amides is 1. The minimum absolute atomic E-state index is 0.258. The first-order valence-corrected chi connectivity index (χ1v) is 10.6. The van der Waals surface area contributed by atoms with Gasteiger partial charge in [-0.15, -0.1) is 0 Å². The molecule has 0 saturated carbocycles. The zero-order valence-electron chi connectivity index (χ0n) is 17.3. The first-order valence-electron chi connectivity index (χ1n) is 10.3. The second-order valence-corrected chi connectivity index (χ2v) is 7.51. The van der Waals surface area contributed by atoms with Gasteiger partial charge < -0.3 is 9.30 Å². The third-order valence-corrected chi connectivity index (χ3v) is 5.31. The Bertz CT molecular complexity index is 1180. The molecule has 0 aliphatic rings. The molecule has 0 unspecified atom stereocenters. The van der Waals surface area contributed by atoms with Crippen molar-refractivity contribution in [2.75, 3.05) is 18.5 Å². The standard InChI is InChI=1S/C23H24ClN5O2/c1-2-31-13-7-12-29-21-11-6-5-10-20(21)26-23(29)27-22(30)18-14-25-28(16-18)15-17-8-3-4-9-19(17)24/h3-6,8-11,14,16H,2,7,12-13,15H2,1H3,(H,26,27,30). The van der Waals surface area contributed by atoms with Crippen molar-refractivity contribution < 1.29 is 9.53 Å². The van der Waals surface area contributed by atoms with Crippen LogP contribution in [-0.4, -0.2) is 38.5 Å². The molecule has 0 saturated heterocycles. The number of aryl methyl sites for hydroxylation is 1. The van der Waals surface area contributed by atoms with Gasteiger partial charge in [0.1, 0.15) is 0 Å². The van der Waals surface area contributed by atoms with Crippen molar-refractivity contribution >= 4 is 34.5 Å². The van der Waals surface area contributed by atoms with Gasteiger partial charge in [0, 0.05) is 31.0 Å². The highest BCUT2D eigenvalue weighted by Gasteiger charge is 2.16. The lowest BCUT2D eigenvalue weighted by molar-refractivity contribution is 0.102. The molecule has 0 atom stereocenters. The summed E-state index contributed by atoms with van der Waals surface area (Å²) in [5.41, 5.74) is 3.21. The van der Waals surface area contributed by atoms with Crippen LogP contribution in [0.2, 0.25) is 5.02 Å². The quantitative estimate of drug-likeness (QED) is 0.388. The SMILES string of the molecule is CCOCCCn1c(NC(=O)c2cnn(Cc3ccccc3Cl)c2)nc2ccccc21. The minimum atomic E-state index is -0.258. The third-order valence-electron chi connectivity index (χ3n) is 4.94. The number of ether oxygens (including phenoxy) is 1. The fourth-order valence-electron chi connectivity index (χ4n) is 3.41. The molecule has 4 aromatic rings. The molecule has 0 spiro atoms. The average molecular weight is 438 g/mol. The van der Waals surface area contributed by atoms with Gasteiger partial charge in [-0.05, 0) is 37.1 Å². The molecule has 8 heteroatoms. The lowest BCUT2D eigenvalue weighted by Gasteiger charge is -2.10. The molecule has 0 aliphatic carbocycles. The molecule has 0 radical (unpaired) electrons. The molecule has 2 aromatic carbocycles. The maximum atomic E-state index is 12.9. The molecule has 2 aromatic heterocycles. The molecule has 4 rings (SSSR count). The number of carbonyl (C=O) groups is 1. The first kappa shape index (κ1) is 21.1. The van der Waals surface area contributed by atoms with Gasteiger partial charge in [-0.1, -0.05) is 41.9 Å². The summed E-state index contributed by atoms with van der Waals surface area (Å²) in [4.78, 5) is 17.5. The van der Waals surface area contributed by atoms with Gasteiger partial charge in [-0.25, -0.2) is 4.98 Å². The Morgan fingerprint density at radius 1 is 1.16 bits per heavy atom. The number of hydrogen-bond acceptors (Lipinski definition) is 4. The van der Waals surface area contributed by atoms with Gasteiger partial charge in [0.2, 0.25) is 5.95 Å². The van der Waals surface area contributed by atoms with Crippen LogP contribution in [0, 0.1) is 0 Å². The fourth-order valence-corrected chi connectivity index (χ4v) is 3.60. The van der Waals surface area contributed by atoms with E-state index in [9.17, 15) is 4.79 Å². The summed E-state index contributed by atoms with van der Waals surface area (Å²) in [6.45, 7) is 4.51. The monoisotopic (exact) mass is 437 g/mol. The van der Waals surface area contributed by atoms with Gasteiger partial charge in [-0.2, -0.15) is 5.10 Å². The Kier molecular flexibility index (Phi) is 6.64. The molecule has 31 heavy (non-hydrogen) atoms. The number of para-hydroxylation sites is 2. The Morgan fingerprint density at radius 3 is 2.81 bits per heavy atom. The summed E-state index contributed by atoms with van der Waals surface area (Å²) < 4.78 is 9.16. The lowest BCUT2D eigenvalue weighted by atomic mass is 10.2. The van der Waals surface area contributed by atoms with E-state index in [0.717, 1.165) is 23.0 Å². The number of nitrogens with zero attached hydrogens (tertiary/aromatic N) is 4. The van der Waals surface area contributed by atoms with Crippen molar-refractivity contribution in [3.05, 3.63) is 77.1 Å². The number of rotatable bonds is 9. The highest BCUT2D eigenvalue weighted by Crippen LogP contribution is 2.21. The number of hydrogen-bond donors (Lipinski definition) is 1. The molecule has 1 amide bonds. The number of carbonyl (C=O) groups excluding carboxylic acids is 1. The number of imidazole rings is 1. The van der Waals surface area contributed by atoms with Gasteiger partial charge in [0.05, 0.1) is 29.3 Å². The smallest absolute Gasteiger partial charge is 0.261 e. The maximum absolute atomic E-state index is 12.9. The van der Waals surface area contributed by atoms with Crippen molar-refractivity contribution in [2.45, 2.75) is 26.4 Å². The van der Waals surface area contributed by atoms with Crippen LogP contribution in [0.25, 0.3) is 11.0 Å². The third kappa shape index (κ3) is 4.95. The molecular formula is C23H24ClN5O2. The second kappa shape index (κ2) is 9.76. The number of nitrogens with one attached hydrogen (secondary N) is 1. The minimum Gasteiger partial charge on any atom is -0.382 e. The van der Waals surface area contributed by atoms with Crippen LogP contribution >= 0.6 is 11.6 Å². The summed E-state index contributed by atoms with van der Waals surface area (Å²) in [5, 5.41) is 7.91. The number of aromatic nitrogens is 4. The topological polar surface area (TPSA) is 74.0 Å². The normalized spacial score (nSPS) is 11.2. The van der Waals surface area contributed by atoms with E-state index in [1.807, 2.05) is 60.0 Å². The number of fused-ring (bicyclic) bond motifs is 1. The molecule has 1 N–H and O–H groups in total. The summed E-state index contributed by atoms with van der Waals surface area (Å²) >= 11 is 6.23. The van der Waals surface area contributed by atoms with E-state index in [0.29, 0.717) is 42.8 Å². The van der Waals surface area contributed by atoms with Crippen LogP contribution in [0.4, 0.5) is 5.95 Å². The largest absolute Gasteiger partial charge is 0.382 e. The molecule has 0 aliphatic heterocycles. The fraction of sp³-hybridized carbons (Fsp3) is 0.261. The van der Waals surface area contributed by atoms with Crippen LogP contribution in [0.1, 0.15) is 29.3 Å². The highest BCUT2D eigenvalue weighted by molar-refractivity contribution is 6.31. The summed E-state index contributed by atoms with van der Waals surface area (Å²) in [7, 11) is 0. The maximum Gasteiger partial charge on any atom is 0.261 e. The van der Waals surface area contributed by atoms with Crippen LogP contribution < -0.4 is 5.32 Å². The summed E-state index contributed by atoms with van der Waals surface area (Å²) in [5.74, 6) is 0.258. The summed E-state index contributed by atoms with van der Waals surface area (Å²) in [6.07, 6.45) is 4.09. The van der Waals surface area contributed by atoms with Gasteiger partial charge >= 0.3 is 0 Å². The molecular weight excluding hydrogens is 414 g/mol. The van der Waals surface area contributed by atoms with Crippen molar-refractivity contribution in [1.82, 2.24) is 19.3 Å². The van der Waals surface area contributed by atoms with Crippen molar-refractivity contribution in [3.8, 4) is 0 Å². The predicted molar refractivity (Wildman–Crippen MR) is 122 cm³/mol. The molecule has 0 bridgehead atoms. The van der Waals surface area contributed by atoms with Crippen molar-refractivity contribution in [1.29, 1.82) is 0 Å². The molecule has 0 fully saturated rings. The highest BCUT2D eigenvalue weighted by atomic mass is 35.5. The van der Waals surface area contributed by atoms with E-state index >= 15 is 0 Å². The van der Waals surface area contributed by atoms with Crippen LogP contribution in [0.5, 0.6) is 0 Å². The first-order chi connectivity index (χ1) is 15.2. The van der Waals surface area contributed by atoms with E-state index in [1.165, 1.54) is 0 Å². The Labute approximate surface area is 185 Å². The number of benzene rings is 2. The predicted octanol–water partition coefficient (Wildman–Crippen LogP) is 4.61. The Morgan fingerprint density at radius 2 is 1.97 bits per heavy atom. The van der Waals surface area contributed by atoms with Gasteiger partial charge in [0.25, 0.3) is 5.91 Å². The molecule has 2 heterocycles. The van der Waals surface area contributed by atoms with Crippen LogP contribution in [0.15, 0.2) is 60.9 Å². The Balaban J connectivity index is 1.50. The van der Waals surface area contributed by atoms with Gasteiger partial charge in [0.15, 0.2) is 0 Å². The Hall–Kier alpha value is -3.16. The van der Waals surface area contributed by atoms with E-state index < -0.39 is 0 Å². The lowest BCUT2D eigenvalue weighted by Crippen LogP contribution is -2.16. The van der Waals surface area contributed by atoms with Crippen LogP contribution in [0.3, 0.4) is 0 Å². The number of halogens is 1. The van der Waals surface area contributed by atoms with E-state index in [4.69, 9.17) is 16.3 Å². The number of anilines is 1. The summed E-state index contributed by atoms with van der Waals surface area (Å²) in [6, 6.07) is 15.4. The van der Waals surface area contributed by atoms with E-state index in [2.05, 4.69) is 15.4 Å². The van der Waals surface area contributed by atoms with Crippen LogP contribution in [-0.2, 0) is 17.8 Å².